The van der Waals surface area contributed by atoms with Crippen LogP contribution in [0.4, 0.5) is 18.9 Å². The standard InChI is InChI=1S/C28H18F3NO2/c29-17-13-20(30)26(21(31)14-17)32-27(33)24-18-11-12-19(25(24)28(32)34)23(18)22(15-7-3-1-4-8-15)16-9-5-2-6-10-16/h1-14,18-19,24-25H/t18-,19+,24-,25-/m1/s1. The number of imide groups is 1. The van der Waals surface area contributed by atoms with Crippen LogP contribution in [0.1, 0.15) is 11.1 Å². The van der Waals surface area contributed by atoms with Crippen molar-refractivity contribution in [3.63, 3.8) is 0 Å². The zero-order chi connectivity index (χ0) is 23.6. The Hall–Kier alpha value is -3.93. The van der Waals surface area contributed by atoms with Crippen LogP contribution in [0.2, 0.25) is 0 Å². The lowest BCUT2D eigenvalue weighted by Gasteiger charge is -2.22. The lowest BCUT2D eigenvalue weighted by molar-refractivity contribution is -0.123. The summed E-state index contributed by atoms with van der Waals surface area (Å²) in [5.41, 5.74) is 3.06. The van der Waals surface area contributed by atoms with Crippen molar-refractivity contribution in [1.82, 2.24) is 0 Å². The zero-order valence-electron chi connectivity index (χ0n) is 17.8. The Morgan fingerprint density at radius 3 is 1.56 bits per heavy atom. The van der Waals surface area contributed by atoms with Gasteiger partial charge in [-0.05, 0) is 22.3 Å². The lowest BCUT2D eigenvalue weighted by Crippen LogP contribution is -2.34. The van der Waals surface area contributed by atoms with Gasteiger partial charge in [0.25, 0.3) is 0 Å². The molecule has 4 atom stereocenters. The van der Waals surface area contributed by atoms with Gasteiger partial charge in [-0.25, -0.2) is 18.1 Å². The number of carbonyl (C=O) groups is 2. The summed E-state index contributed by atoms with van der Waals surface area (Å²) in [6, 6.07) is 20.5. The highest BCUT2D eigenvalue weighted by Gasteiger charge is 2.63. The summed E-state index contributed by atoms with van der Waals surface area (Å²) in [5.74, 6) is -7.25. The molecule has 2 aliphatic carbocycles. The highest BCUT2D eigenvalue weighted by Crippen LogP contribution is 2.59. The van der Waals surface area contributed by atoms with Gasteiger partial charge in [-0.2, -0.15) is 0 Å². The average molecular weight is 457 g/mol. The Morgan fingerprint density at radius 1 is 0.676 bits per heavy atom. The Morgan fingerprint density at radius 2 is 1.12 bits per heavy atom. The van der Waals surface area contributed by atoms with E-state index in [4.69, 9.17) is 0 Å². The van der Waals surface area contributed by atoms with Crippen molar-refractivity contribution < 1.29 is 22.8 Å². The molecule has 0 radical (unpaired) electrons. The van der Waals surface area contributed by atoms with Crippen molar-refractivity contribution in [2.75, 3.05) is 4.90 Å². The van der Waals surface area contributed by atoms with Gasteiger partial charge in [-0.1, -0.05) is 72.8 Å². The van der Waals surface area contributed by atoms with Crippen LogP contribution in [-0.4, -0.2) is 11.8 Å². The molecular formula is C28H18F3NO2. The van der Waals surface area contributed by atoms with Crippen molar-refractivity contribution in [2.24, 2.45) is 23.7 Å². The summed E-state index contributed by atoms with van der Waals surface area (Å²) in [6.07, 6.45) is 3.83. The minimum absolute atomic E-state index is 0.376. The van der Waals surface area contributed by atoms with Crippen molar-refractivity contribution in [1.29, 1.82) is 0 Å². The molecule has 6 heteroatoms. The van der Waals surface area contributed by atoms with E-state index in [1.165, 1.54) is 0 Å². The summed E-state index contributed by atoms with van der Waals surface area (Å²) < 4.78 is 42.4. The van der Waals surface area contributed by atoms with E-state index in [1.807, 2.05) is 72.8 Å². The molecule has 1 heterocycles. The molecule has 0 N–H and O–H groups in total. The number of halogens is 3. The van der Waals surface area contributed by atoms with Crippen LogP contribution in [0.3, 0.4) is 0 Å². The van der Waals surface area contributed by atoms with Gasteiger partial charge < -0.3 is 0 Å². The van der Waals surface area contributed by atoms with Crippen molar-refractivity contribution in [3.8, 4) is 0 Å². The van der Waals surface area contributed by atoms with Gasteiger partial charge in [0.05, 0.1) is 11.8 Å². The monoisotopic (exact) mass is 457 g/mol. The van der Waals surface area contributed by atoms with Crippen LogP contribution in [0.25, 0.3) is 5.57 Å². The van der Waals surface area contributed by atoms with Crippen LogP contribution in [-0.2, 0) is 9.59 Å². The maximum absolute atomic E-state index is 14.5. The third-order valence-electron chi connectivity index (χ3n) is 7.03. The van der Waals surface area contributed by atoms with Gasteiger partial charge in [-0.15, -0.1) is 0 Å². The molecule has 3 aliphatic rings. The van der Waals surface area contributed by atoms with E-state index in [0.717, 1.165) is 22.3 Å². The molecule has 1 saturated heterocycles. The van der Waals surface area contributed by atoms with Gasteiger partial charge in [0.15, 0.2) is 11.6 Å². The number of fused-ring (bicyclic) bond motifs is 5. The number of hydrogen-bond acceptors (Lipinski definition) is 2. The molecular weight excluding hydrogens is 439 g/mol. The Balaban J connectivity index is 1.50. The van der Waals surface area contributed by atoms with Crippen LogP contribution < -0.4 is 4.90 Å². The van der Waals surface area contributed by atoms with Gasteiger partial charge in [-0.3, -0.25) is 9.59 Å². The van der Waals surface area contributed by atoms with Gasteiger partial charge in [0.1, 0.15) is 11.5 Å². The number of carbonyl (C=O) groups excluding carboxylic acids is 2. The van der Waals surface area contributed by atoms with E-state index in [-0.39, 0.29) is 11.8 Å². The predicted octanol–water partition coefficient (Wildman–Crippen LogP) is 5.53. The molecule has 1 saturated carbocycles. The smallest absolute Gasteiger partial charge is 0.238 e. The Kier molecular flexibility index (Phi) is 4.59. The summed E-state index contributed by atoms with van der Waals surface area (Å²) in [7, 11) is 0. The normalized spacial score (nSPS) is 24.8. The second-order valence-corrected chi connectivity index (χ2v) is 8.78. The summed E-state index contributed by atoms with van der Waals surface area (Å²) >= 11 is 0. The third-order valence-corrected chi connectivity index (χ3v) is 7.03. The molecule has 0 unspecified atom stereocenters. The topological polar surface area (TPSA) is 37.4 Å². The number of amides is 2. The van der Waals surface area contributed by atoms with E-state index in [1.54, 1.807) is 0 Å². The largest absolute Gasteiger partial charge is 0.274 e. The van der Waals surface area contributed by atoms with Crippen LogP contribution in [0, 0.1) is 41.1 Å². The number of nitrogens with zero attached hydrogens (tertiary/aromatic N) is 1. The number of benzene rings is 3. The predicted molar refractivity (Wildman–Crippen MR) is 121 cm³/mol. The molecule has 3 aromatic rings. The number of hydrogen-bond donors (Lipinski definition) is 0. The van der Waals surface area contributed by atoms with Gasteiger partial charge >= 0.3 is 0 Å². The maximum Gasteiger partial charge on any atom is 0.238 e. The van der Waals surface area contributed by atoms with Gasteiger partial charge in [0.2, 0.25) is 11.8 Å². The molecule has 34 heavy (non-hydrogen) atoms. The first-order valence-electron chi connectivity index (χ1n) is 11.0. The van der Waals surface area contributed by atoms with Crippen LogP contribution in [0.5, 0.6) is 0 Å². The maximum atomic E-state index is 14.5. The fraction of sp³-hybridized carbons (Fsp3) is 0.143. The molecule has 2 amide bonds. The summed E-state index contributed by atoms with van der Waals surface area (Å²) in [5, 5.41) is 0. The molecule has 168 valence electrons. The van der Waals surface area contributed by atoms with Crippen LogP contribution >= 0.6 is 0 Å². The first-order valence-corrected chi connectivity index (χ1v) is 11.0. The summed E-state index contributed by atoms with van der Waals surface area (Å²) in [4.78, 5) is 27.5. The highest BCUT2D eigenvalue weighted by atomic mass is 19.1. The number of anilines is 1. The minimum Gasteiger partial charge on any atom is -0.274 e. The molecule has 3 aromatic carbocycles. The highest BCUT2D eigenvalue weighted by molar-refractivity contribution is 6.23. The van der Waals surface area contributed by atoms with Crippen molar-refractivity contribution >= 4 is 23.1 Å². The second kappa shape index (κ2) is 7.55. The SMILES string of the molecule is O=C1[C@H]2[C@H](C(=O)N1c1c(F)cc(F)cc1F)[C@H]1C=C[C@@H]2C1=C(c1ccccc1)c1ccccc1. The van der Waals surface area contributed by atoms with Crippen molar-refractivity contribution in [3.05, 3.63) is 119 Å². The van der Waals surface area contributed by atoms with Crippen molar-refractivity contribution in [2.45, 2.75) is 0 Å². The zero-order valence-corrected chi connectivity index (χ0v) is 17.8. The first-order chi connectivity index (χ1) is 16.5. The van der Waals surface area contributed by atoms with E-state index < -0.39 is 46.8 Å². The van der Waals surface area contributed by atoms with E-state index in [2.05, 4.69) is 0 Å². The fourth-order valence-electron chi connectivity index (χ4n) is 5.77. The number of rotatable bonds is 3. The van der Waals surface area contributed by atoms with Gasteiger partial charge in [0, 0.05) is 24.0 Å². The first kappa shape index (κ1) is 20.7. The lowest BCUT2D eigenvalue weighted by atomic mass is 9.85. The molecule has 2 fully saturated rings. The second-order valence-electron chi connectivity index (χ2n) is 8.78. The minimum atomic E-state index is -1.27. The molecule has 3 nitrogen and oxygen atoms in total. The summed E-state index contributed by atoms with van der Waals surface area (Å²) in [6.45, 7) is 0. The number of allylic oxidation sites excluding steroid dienone is 3. The molecule has 0 aromatic heterocycles. The quantitative estimate of drug-likeness (QED) is 0.383. The Labute approximate surface area is 193 Å². The van der Waals surface area contributed by atoms with E-state index in [9.17, 15) is 22.8 Å². The van der Waals surface area contributed by atoms with Crippen LogP contribution in [0.15, 0.2) is 90.5 Å². The van der Waals surface area contributed by atoms with E-state index >= 15 is 0 Å². The fourth-order valence-corrected chi connectivity index (χ4v) is 5.77. The molecule has 2 bridgehead atoms. The third kappa shape index (κ3) is 2.84. The average Bonchev–Trinajstić information content (AvgIpc) is 3.46. The molecule has 6 rings (SSSR count). The van der Waals surface area contributed by atoms with E-state index in [0.29, 0.717) is 17.0 Å². The Bertz CT molecular complexity index is 1300. The molecule has 0 spiro atoms. The molecule has 1 aliphatic heterocycles.